The first kappa shape index (κ1) is 16.8. The van der Waals surface area contributed by atoms with Crippen molar-refractivity contribution in [2.75, 3.05) is 5.32 Å². The van der Waals surface area contributed by atoms with E-state index >= 15 is 0 Å². The van der Waals surface area contributed by atoms with Crippen molar-refractivity contribution in [3.8, 4) is 0 Å². The number of nitrogens with one attached hydrogen (secondary N) is 1. The second-order valence-corrected chi connectivity index (χ2v) is 6.24. The van der Waals surface area contributed by atoms with Gasteiger partial charge in [0.15, 0.2) is 5.65 Å². The van der Waals surface area contributed by atoms with Gasteiger partial charge in [-0.2, -0.15) is 5.10 Å². The van der Waals surface area contributed by atoms with Crippen LogP contribution in [0.3, 0.4) is 0 Å². The largest absolute Gasteiger partial charge is 0.362 e. The maximum Gasteiger partial charge on any atom is 0.164 e. The summed E-state index contributed by atoms with van der Waals surface area (Å²) in [6, 6.07) is 3.29. The number of nitrogens with zero attached hydrogens (tertiary/aromatic N) is 4. The number of hydrogen-bond donors (Lipinski definition) is 1. The Morgan fingerprint density at radius 2 is 2.08 bits per heavy atom. The summed E-state index contributed by atoms with van der Waals surface area (Å²) in [4.78, 5) is 8.49. The van der Waals surface area contributed by atoms with Crippen LogP contribution in [-0.4, -0.2) is 19.7 Å². The van der Waals surface area contributed by atoms with E-state index in [9.17, 15) is 8.78 Å². The molecule has 0 unspecified atom stereocenters. The van der Waals surface area contributed by atoms with Crippen molar-refractivity contribution in [1.82, 2.24) is 19.7 Å². The lowest BCUT2D eigenvalue weighted by atomic mass is 10.0. The number of halogens is 3. The van der Waals surface area contributed by atoms with Crippen LogP contribution in [0.1, 0.15) is 31.4 Å². The Kier molecular flexibility index (Phi) is 4.75. The van der Waals surface area contributed by atoms with Crippen LogP contribution >= 0.6 is 15.9 Å². The Morgan fingerprint density at radius 1 is 1.29 bits per heavy atom. The third-order valence-corrected chi connectivity index (χ3v) is 4.36. The predicted octanol–water partition coefficient (Wildman–Crippen LogP) is 4.36. The molecule has 5 nitrogen and oxygen atoms in total. The van der Waals surface area contributed by atoms with E-state index in [2.05, 4.69) is 36.3 Å². The predicted molar refractivity (Wildman–Crippen MR) is 91.6 cm³/mol. The Bertz CT molecular complexity index is 880. The Hall–Kier alpha value is -2.09. The third kappa shape index (κ3) is 3.10. The van der Waals surface area contributed by atoms with E-state index < -0.39 is 11.6 Å². The molecule has 0 saturated heterocycles. The number of rotatable bonds is 5. The molecule has 8 heteroatoms. The average molecular weight is 396 g/mol. The molecular weight excluding hydrogens is 380 g/mol. The van der Waals surface area contributed by atoms with E-state index in [1.165, 1.54) is 18.5 Å². The number of aromatic nitrogens is 4. The highest BCUT2D eigenvalue weighted by Crippen LogP contribution is 2.31. The van der Waals surface area contributed by atoms with Crippen molar-refractivity contribution in [2.45, 2.75) is 25.8 Å². The SMILES string of the molecule is CCC[C@@H](Nc1ncnc2c1c(Br)nn2C)c1ccc(F)cc1F. The summed E-state index contributed by atoms with van der Waals surface area (Å²) in [5, 5.41) is 8.26. The van der Waals surface area contributed by atoms with Crippen LogP contribution in [0.15, 0.2) is 29.1 Å². The molecular formula is C16H16BrF2N5. The van der Waals surface area contributed by atoms with Gasteiger partial charge in [0, 0.05) is 18.7 Å². The van der Waals surface area contributed by atoms with Crippen LogP contribution < -0.4 is 5.32 Å². The molecule has 0 aliphatic carbocycles. The highest BCUT2D eigenvalue weighted by molar-refractivity contribution is 9.10. The fraction of sp³-hybridized carbons (Fsp3) is 0.312. The molecule has 2 heterocycles. The van der Waals surface area contributed by atoms with E-state index in [0.717, 1.165) is 17.9 Å². The molecule has 3 rings (SSSR count). The van der Waals surface area contributed by atoms with E-state index in [4.69, 9.17) is 0 Å². The number of fused-ring (bicyclic) bond motifs is 1. The zero-order chi connectivity index (χ0) is 17.3. The molecule has 126 valence electrons. The van der Waals surface area contributed by atoms with Gasteiger partial charge in [0.1, 0.15) is 28.4 Å². The molecule has 0 fully saturated rings. The van der Waals surface area contributed by atoms with E-state index in [1.54, 1.807) is 11.7 Å². The molecule has 0 radical (unpaired) electrons. The summed E-state index contributed by atoms with van der Waals surface area (Å²) in [7, 11) is 1.78. The summed E-state index contributed by atoms with van der Waals surface area (Å²) in [5.74, 6) is -0.607. The number of benzene rings is 1. The minimum atomic E-state index is -0.592. The molecule has 0 saturated carbocycles. The molecule has 24 heavy (non-hydrogen) atoms. The van der Waals surface area contributed by atoms with Crippen LogP contribution in [-0.2, 0) is 7.05 Å². The normalized spacial score (nSPS) is 12.5. The fourth-order valence-corrected chi connectivity index (χ4v) is 3.30. The number of aryl methyl sites for hydroxylation is 1. The highest BCUT2D eigenvalue weighted by atomic mass is 79.9. The summed E-state index contributed by atoms with van der Waals surface area (Å²) in [6.07, 6.45) is 2.94. The first-order chi connectivity index (χ1) is 11.5. The zero-order valence-electron chi connectivity index (χ0n) is 13.2. The van der Waals surface area contributed by atoms with E-state index in [1.807, 2.05) is 6.92 Å². The van der Waals surface area contributed by atoms with Crippen molar-refractivity contribution in [1.29, 1.82) is 0 Å². The zero-order valence-corrected chi connectivity index (χ0v) is 14.8. The topological polar surface area (TPSA) is 55.6 Å². The van der Waals surface area contributed by atoms with Crippen LogP contribution in [0.2, 0.25) is 0 Å². The quantitative estimate of drug-likeness (QED) is 0.697. The lowest BCUT2D eigenvalue weighted by molar-refractivity contribution is 0.551. The Morgan fingerprint density at radius 3 is 2.79 bits per heavy atom. The first-order valence-electron chi connectivity index (χ1n) is 7.56. The standard InChI is InChI=1S/C16H16BrF2N5/c1-3-4-12(10-6-5-9(18)7-11(10)19)22-15-13-14(17)23-24(2)16(13)21-8-20-15/h5-8,12H,3-4H2,1-2H3,(H,20,21,22)/t12-/m1/s1. The first-order valence-corrected chi connectivity index (χ1v) is 8.35. The van der Waals surface area contributed by atoms with Gasteiger partial charge in [-0.25, -0.2) is 23.4 Å². The fourth-order valence-electron chi connectivity index (χ4n) is 2.69. The van der Waals surface area contributed by atoms with Crippen molar-refractivity contribution < 1.29 is 8.78 Å². The molecule has 1 aromatic carbocycles. The monoisotopic (exact) mass is 395 g/mol. The molecule has 3 aromatic rings. The second-order valence-electron chi connectivity index (χ2n) is 5.49. The molecule has 0 aliphatic rings. The van der Waals surface area contributed by atoms with E-state index in [-0.39, 0.29) is 6.04 Å². The van der Waals surface area contributed by atoms with E-state index in [0.29, 0.717) is 28.1 Å². The van der Waals surface area contributed by atoms with Gasteiger partial charge in [-0.3, -0.25) is 0 Å². The maximum absolute atomic E-state index is 14.2. The molecule has 0 aliphatic heterocycles. The minimum absolute atomic E-state index is 0.333. The van der Waals surface area contributed by atoms with Crippen molar-refractivity contribution in [3.05, 3.63) is 46.3 Å². The van der Waals surface area contributed by atoms with Crippen LogP contribution in [0.25, 0.3) is 11.0 Å². The molecule has 1 N–H and O–H groups in total. The summed E-state index contributed by atoms with van der Waals surface area (Å²) in [5.41, 5.74) is 1.07. The molecule has 0 spiro atoms. The lowest BCUT2D eigenvalue weighted by Gasteiger charge is -2.20. The third-order valence-electron chi connectivity index (χ3n) is 3.80. The molecule has 0 amide bonds. The van der Waals surface area contributed by atoms with Gasteiger partial charge in [0.25, 0.3) is 0 Å². The summed E-state index contributed by atoms with van der Waals surface area (Å²) >= 11 is 3.40. The van der Waals surface area contributed by atoms with Gasteiger partial charge in [0.2, 0.25) is 0 Å². The molecule has 1 atom stereocenters. The summed E-state index contributed by atoms with van der Waals surface area (Å²) in [6.45, 7) is 2.01. The van der Waals surface area contributed by atoms with Crippen molar-refractivity contribution in [3.63, 3.8) is 0 Å². The molecule has 0 bridgehead atoms. The van der Waals surface area contributed by atoms with Crippen LogP contribution in [0.5, 0.6) is 0 Å². The Balaban J connectivity index is 2.03. The van der Waals surface area contributed by atoms with Gasteiger partial charge in [-0.05, 0) is 28.4 Å². The van der Waals surface area contributed by atoms with Gasteiger partial charge in [-0.15, -0.1) is 0 Å². The van der Waals surface area contributed by atoms with Gasteiger partial charge in [0.05, 0.1) is 11.4 Å². The molecule has 2 aromatic heterocycles. The smallest absolute Gasteiger partial charge is 0.164 e. The maximum atomic E-state index is 14.2. The average Bonchev–Trinajstić information content (AvgIpc) is 2.83. The Labute approximate surface area is 146 Å². The highest BCUT2D eigenvalue weighted by Gasteiger charge is 2.20. The number of anilines is 1. The van der Waals surface area contributed by atoms with Gasteiger partial charge in [-0.1, -0.05) is 19.4 Å². The summed E-state index contributed by atoms with van der Waals surface area (Å²) < 4.78 is 29.6. The van der Waals surface area contributed by atoms with Crippen LogP contribution in [0, 0.1) is 11.6 Å². The minimum Gasteiger partial charge on any atom is -0.362 e. The number of hydrogen-bond acceptors (Lipinski definition) is 4. The van der Waals surface area contributed by atoms with Gasteiger partial charge >= 0.3 is 0 Å². The van der Waals surface area contributed by atoms with Gasteiger partial charge < -0.3 is 5.32 Å². The lowest BCUT2D eigenvalue weighted by Crippen LogP contribution is -2.14. The van der Waals surface area contributed by atoms with Crippen LogP contribution in [0.4, 0.5) is 14.6 Å². The second kappa shape index (κ2) is 6.80. The van der Waals surface area contributed by atoms with Crippen molar-refractivity contribution in [2.24, 2.45) is 7.05 Å². The van der Waals surface area contributed by atoms with Crippen molar-refractivity contribution >= 4 is 32.8 Å².